The molecule has 0 heterocycles. The second-order valence-electron chi connectivity index (χ2n) is 9.87. The van der Waals surface area contributed by atoms with E-state index in [4.69, 9.17) is 16.3 Å². The highest BCUT2D eigenvalue weighted by atomic mass is 35.5. The minimum Gasteiger partial charge on any atom is -0.464 e. The van der Waals surface area contributed by atoms with Gasteiger partial charge in [0.2, 0.25) is 5.91 Å². The summed E-state index contributed by atoms with van der Waals surface area (Å²) in [6, 6.07) is 0. The van der Waals surface area contributed by atoms with Crippen molar-refractivity contribution in [2.75, 3.05) is 20.7 Å². The summed E-state index contributed by atoms with van der Waals surface area (Å²) in [5.41, 5.74) is 4.43. The molecule has 4 nitrogen and oxygen atoms in total. The fourth-order valence-corrected chi connectivity index (χ4v) is 4.27. The Morgan fingerprint density at radius 2 is 1.52 bits per heavy atom. The smallest absolute Gasteiger partial charge is 0.309 e. The number of hydrogen-bond acceptors (Lipinski definition) is 3. The van der Waals surface area contributed by atoms with Crippen molar-refractivity contribution in [3.8, 4) is 0 Å². The molecule has 0 bridgehead atoms. The first-order chi connectivity index (χ1) is 13.1. The highest BCUT2D eigenvalue weighted by Gasteiger charge is 2.41. The Balaban J connectivity index is 2.91. The predicted molar refractivity (Wildman–Crippen MR) is 121 cm³/mol. The van der Waals surface area contributed by atoms with Crippen LogP contribution in [-0.2, 0) is 14.3 Å². The summed E-state index contributed by atoms with van der Waals surface area (Å²) in [4.78, 5) is 27.1. The number of hydrogen-bond donors (Lipinski definition) is 0. The van der Waals surface area contributed by atoms with Crippen molar-refractivity contribution in [3.63, 3.8) is 0 Å². The van der Waals surface area contributed by atoms with Crippen LogP contribution < -0.4 is 0 Å². The number of amides is 1. The molecule has 0 N–H and O–H groups in total. The molecule has 3 unspecified atom stereocenters. The minimum absolute atomic E-state index is 0.00733. The van der Waals surface area contributed by atoms with Gasteiger partial charge in [0.25, 0.3) is 0 Å². The summed E-state index contributed by atoms with van der Waals surface area (Å²) in [7, 11) is 3.47. The normalized spacial score (nSPS) is 19.9. The van der Waals surface area contributed by atoms with Crippen molar-refractivity contribution < 1.29 is 14.3 Å². The molecule has 0 spiro atoms. The van der Waals surface area contributed by atoms with E-state index in [-0.39, 0.29) is 34.5 Å². The summed E-state index contributed by atoms with van der Waals surface area (Å²) in [6.07, 6.45) is 0.526. The number of nitrogens with zero attached hydrogens (tertiary/aromatic N) is 1. The summed E-state index contributed by atoms with van der Waals surface area (Å²) in [6.45, 7) is 18.7. The molecule has 0 aliphatic heterocycles. The third-order valence-electron chi connectivity index (χ3n) is 7.43. The van der Waals surface area contributed by atoms with Crippen molar-refractivity contribution in [2.45, 2.75) is 74.1 Å². The van der Waals surface area contributed by atoms with E-state index < -0.39 is 5.41 Å². The van der Waals surface area contributed by atoms with Gasteiger partial charge in [-0.1, -0.05) is 31.9 Å². The van der Waals surface area contributed by atoms with Gasteiger partial charge in [0.15, 0.2) is 0 Å². The highest BCUT2D eigenvalue weighted by molar-refractivity contribution is 6.21. The Morgan fingerprint density at radius 1 is 1.07 bits per heavy atom. The van der Waals surface area contributed by atoms with Crippen molar-refractivity contribution in [1.29, 1.82) is 0 Å². The van der Waals surface area contributed by atoms with Crippen LogP contribution in [0.15, 0.2) is 22.3 Å². The Morgan fingerprint density at radius 3 is 1.90 bits per heavy atom. The molecule has 1 aliphatic rings. The molecular weight excluding hydrogens is 386 g/mol. The number of allylic oxidation sites excluding steroid dienone is 2. The van der Waals surface area contributed by atoms with Gasteiger partial charge >= 0.3 is 5.97 Å². The van der Waals surface area contributed by atoms with E-state index in [1.807, 2.05) is 27.7 Å². The largest absolute Gasteiger partial charge is 0.464 e. The number of alkyl halides is 1. The zero-order valence-corrected chi connectivity index (χ0v) is 21.0. The lowest BCUT2D eigenvalue weighted by molar-refractivity contribution is -0.155. The van der Waals surface area contributed by atoms with Gasteiger partial charge in [0.05, 0.1) is 11.8 Å². The molecule has 166 valence electrons. The van der Waals surface area contributed by atoms with Crippen molar-refractivity contribution in [3.05, 3.63) is 22.3 Å². The van der Waals surface area contributed by atoms with Crippen LogP contribution in [0.5, 0.6) is 0 Å². The van der Waals surface area contributed by atoms with Gasteiger partial charge in [-0.25, -0.2) is 0 Å². The predicted octanol–water partition coefficient (Wildman–Crippen LogP) is 5.61. The Labute approximate surface area is 182 Å². The maximum atomic E-state index is 12.9. The summed E-state index contributed by atoms with van der Waals surface area (Å²) < 4.78 is 5.83. The molecule has 1 amide bonds. The number of ether oxygens (including phenoxy) is 1. The number of esters is 1. The number of carbonyl (C=O) groups excluding carboxylic acids is 2. The summed E-state index contributed by atoms with van der Waals surface area (Å²) in [5, 5.41) is -0.309. The first-order valence-corrected chi connectivity index (χ1v) is 10.9. The first-order valence-electron chi connectivity index (χ1n) is 10.5. The van der Waals surface area contributed by atoms with Crippen LogP contribution in [0.2, 0.25) is 0 Å². The van der Waals surface area contributed by atoms with Gasteiger partial charge in [-0.2, -0.15) is 0 Å². The molecular formula is C24H40ClNO3. The Bertz CT molecular complexity index is 692. The summed E-state index contributed by atoms with van der Waals surface area (Å²) >= 11 is 6.32. The minimum atomic E-state index is -0.422. The van der Waals surface area contributed by atoms with E-state index in [0.29, 0.717) is 13.0 Å². The highest BCUT2D eigenvalue weighted by Crippen LogP contribution is 2.47. The van der Waals surface area contributed by atoms with Gasteiger partial charge in [0.1, 0.15) is 6.61 Å². The van der Waals surface area contributed by atoms with E-state index in [2.05, 4.69) is 34.6 Å². The van der Waals surface area contributed by atoms with Crippen LogP contribution in [0.3, 0.4) is 0 Å². The number of rotatable bonds is 8. The topological polar surface area (TPSA) is 46.6 Å². The van der Waals surface area contributed by atoms with Crippen LogP contribution in [-0.4, -0.2) is 42.9 Å². The quantitative estimate of drug-likeness (QED) is 0.375. The van der Waals surface area contributed by atoms with E-state index >= 15 is 0 Å². The van der Waals surface area contributed by atoms with Crippen molar-refractivity contribution in [2.24, 2.45) is 22.7 Å². The molecule has 0 radical (unpaired) electrons. The fraction of sp³-hybridized carbons (Fsp3) is 0.750. The zero-order chi connectivity index (χ0) is 22.9. The second kappa shape index (κ2) is 9.24. The molecule has 0 saturated heterocycles. The Hall–Kier alpha value is -1.29. The maximum Gasteiger partial charge on any atom is 0.309 e. The summed E-state index contributed by atoms with van der Waals surface area (Å²) in [5.74, 6) is -0.925. The zero-order valence-electron chi connectivity index (χ0n) is 20.2. The van der Waals surface area contributed by atoms with Gasteiger partial charge in [-0.3, -0.25) is 9.59 Å². The Kier molecular flexibility index (Phi) is 8.20. The van der Waals surface area contributed by atoms with Gasteiger partial charge in [-0.15, -0.1) is 11.6 Å². The molecule has 29 heavy (non-hydrogen) atoms. The number of halogens is 1. The molecule has 0 fully saturated rings. The standard InChI is InChI=1S/C24H40ClNO3/c1-14-15(2)17(4)24(9,16(14)3)13-29-22(28)18(5)23(7,8)12-20(19(6)25)21(27)26(10)11/h18-20H,12-13H2,1-11H3. The average Bonchev–Trinajstić information content (AvgIpc) is 2.78. The molecule has 0 aromatic heterocycles. The SMILES string of the molecule is CC1=C(C)C(C)(COC(=O)C(C)C(C)(C)CC(C(=O)N(C)C)C(C)Cl)C(C)=C1C. The average molecular weight is 426 g/mol. The van der Waals surface area contributed by atoms with Crippen LogP contribution in [0.25, 0.3) is 0 Å². The molecule has 0 saturated carbocycles. The fourth-order valence-electron chi connectivity index (χ4n) is 4.07. The third-order valence-corrected chi connectivity index (χ3v) is 7.73. The monoisotopic (exact) mass is 425 g/mol. The van der Waals surface area contributed by atoms with Crippen LogP contribution in [0, 0.1) is 22.7 Å². The first kappa shape index (κ1) is 25.7. The number of carbonyl (C=O) groups is 2. The van der Waals surface area contributed by atoms with E-state index in [9.17, 15) is 9.59 Å². The van der Waals surface area contributed by atoms with Crippen LogP contribution in [0.4, 0.5) is 0 Å². The van der Waals surface area contributed by atoms with E-state index in [1.165, 1.54) is 22.3 Å². The van der Waals surface area contributed by atoms with E-state index in [1.54, 1.807) is 19.0 Å². The molecule has 1 aliphatic carbocycles. The lowest BCUT2D eigenvalue weighted by Crippen LogP contribution is -2.40. The molecule has 0 aromatic carbocycles. The molecule has 3 atom stereocenters. The van der Waals surface area contributed by atoms with Gasteiger partial charge in [0, 0.05) is 24.9 Å². The van der Waals surface area contributed by atoms with Crippen LogP contribution in [0.1, 0.15) is 68.7 Å². The maximum absolute atomic E-state index is 12.9. The van der Waals surface area contributed by atoms with Crippen molar-refractivity contribution >= 4 is 23.5 Å². The lowest BCUT2D eigenvalue weighted by atomic mass is 9.72. The van der Waals surface area contributed by atoms with Gasteiger partial charge in [-0.05, 0) is 64.5 Å². The molecule has 5 heteroatoms. The van der Waals surface area contributed by atoms with Crippen molar-refractivity contribution in [1.82, 2.24) is 4.90 Å². The third kappa shape index (κ3) is 5.25. The van der Waals surface area contributed by atoms with E-state index in [0.717, 1.165) is 0 Å². The van der Waals surface area contributed by atoms with Gasteiger partial charge < -0.3 is 9.64 Å². The molecule has 0 aromatic rings. The second-order valence-corrected chi connectivity index (χ2v) is 10.6. The molecule has 1 rings (SSSR count). The van der Waals surface area contributed by atoms with Crippen LogP contribution >= 0.6 is 11.6 Å². The lowest BCUT2D eigenvalue weighted by Gasteiger charge is -2.36.